The number of aromatic nitrogens is 2. The zero-order chi connectivity index (χ0) is 21.1. The number of hydrogen-bond acceptors (Lipinski definition) is 7. The van der Waals surface area contributed by atoms with Gasteiger partial charge in [-0.1, -0.05) is 0 Å². The predicted octanol–water partition coefficient (Wildman–Crippen LogP) is 3.76. The van der Waals surface area contributed by atoms with Gasteiger partial charge in [-0.05, 0) is 60.7 Å². The maximum atomic E-state index is 12.6. The molecule has 0 aliphatic heterocycles. The van der Waals surface area contributed by atoms with Crippen molar-refractivity contribution in [2.45, 2.75) is 11.8 Å². The molecule has 0 aliphatic carbocycles. The first-order valence-corrected chi connectivity index (χ1v) is 10.3. The van der Waals surface area contributed by atoms with E-state index in [0.717, 1.165) is 0 Å². The van der Waals surface area contributed by atoms with Crippen LogP contribution in [0.25, 0.3) is 23.1 Å². The van der Waals surface area contributed by atoms with Gasteiger partial charge in [-0.3, -0.25) is 9.52 Å². The fourth-order valence-corrected chi connectivity index (χ4v) is 3.71. The Bertz CT molecular complexity index is 1260. The lowest BCUT2D eigenvalue weighted by Crippen LogP contribution is -2.13. The van der Waals surface area contributed by atoms with Crippen LogP contribution < -0.4 is 10.0 Å². The molecule has 2 N–H and O–H groups in total. The van der Waals surface area contributed by atoms with E-state index in [1.165, 1.54) is 37.5 Å². The molecule has 4 aromatic rings. The van der Waals surface area contributed by atoms with E-state index in [1.807, 2.05) is 0 Å². The minimum absolute atomic E-state index is 0.0701. The van der Waals surface area contributed by atoms with Gasteiger partial charge >= 0.3 is 0 Å². The summed E-state index contributed by atoms with van der Waals surface area (Å²) in [4.78, 5) is 11.1. The maximum absolute atomic E-state index is 12.6. The van der Waals surface area contributed by atoms with Crippen molar-refractivity contribution in [1.29, 1.82) is 0 Å². The second-order valence-corrected chi connectivity index (χ2v) is 7.96. The smallest absolute Gasteiger partial charge is 0.283 e. The van der Waals surface area contributed by atoms with E-state index in [2.05, 4.69) is 20.2 Å². The van der Waals surface area contributed by atoms with Crippen LogP contribution >= 0.6 is 0 Å². The summed E-state index contributed by atoms with van der Waals surface area (Å²) in [5, 5.41) is 10.5. The lowest BCUT2D eigenvalue weighted by molar-refractivity contribution is -0.114. The molecule has 0 saturated carbocycles. The van der Waals surface area contributed by atoms with Crippen LogP contribution in [0, 0.1) is 0 Å². The van der Waals surface area contributed by atoms with E-state index in [1.54, 1.807) is 36.4 Å². The number of hydrogen-bond donors (Lipinski definition) is 2. The van der Waals surface area contributed by atoms with Gasteiger partial charge in [0.05, 0.1) is 11.2 Å². The Morgan fingerprint density at radius 3 is 2.20 bits per heavy atom. The molecule has 2 aromatic heterocycles. The largest absolute Gasteiger partial charge is 0.459 e. The molecule has 30 heavy (non-hydrogen) atoms. The highest BCUT2D eigenvalue weighted by molar-refractivity contribution is 7.92. The SMILES string of the molecule is CC(=O)Nc1ccc(S(=O)(=O)Nc2ccc(-c3nnc(-c4ccco4)o3)cc2)cc1. The van der Waals surface area contributed by atoms with Crippen LogP contribution in [0.5, 0.6) is 0 Å². The number of carbonyl (C=O) groups excluding carboxylic acids is 1. The zero-order valence-electron chi connectivity index (χ0n) is 15.7. The monoisotopic (exact) mass is 424 g/mol. The molecule has 0 aliphatic rings. The van der Waals surface area contributed by atoms with Crippen molar-refractivity contribution in [2.75, 3.05) is 10.0 Å². The molecule has 2 aromatic carbocycles. The number of anilines is 2. The lowest BCUT2D eigenvalue weighted by atomic mass is 10.2. The van der Waals surface area contributed by atoms with E-state index >= 15 is 0 Å². The van der Waals surface area contributed by atoms with Gasteiger partial charge in [-0.2, -0.15) is 0 Å². The van der Waals surface area contributed by atoms with Gasteiger partial charge < -0.3 is 14.2 Å². The van der Waals surface area contributed by atoms with Gasteiger partial charge in [0, 0.05) is 23.9 Å². The average Bonchev–Trinajstić information content (AvgIpc) is 3.40. The quantitative estimate of drug-likeness (QED) is 0.482. The maximum Gasteiger partial charge on any atom is 0.283 e. The highest BCUT2D eigenvalue weighted by atomic mass is 32.2. The van der Waals surface area contributed by atoms with Crippen LogP contribution in [0.4, 0.5) is 11.4 Å². The fourth-order valence-electron chi connectivity index (χ4n) is 2.66. The molecule has 0 atom stereocenters. The Kier molecular flexibility index (Phi) is 5.07. The molecular weight excluding hydrogens is 408 g/mol. The number of benzene rings is 2. The second-order valence-electron chi connectivity index (χ2n) is 6.28. The number of amides is 1. The molecular formula is C20H16N4O5S. The van der Waals surface area contributed by atoms with E-state index in [-0.39, 0.29) is 22.6 Å². The standard InChI is InChI=1S/C20H16N4O5S/c1-13(25)21-15-8-10-17(11-9-15)30(26,27)24-16-6-4-14(5-7-16)19-22-23-20(29-19)18-3-2-12-28-18/h2-12,24H,1H3,(H,21,25). The molecule has 0 spiro atoms. The minimum atomic E-state index is -3.79. The first-order valence-electron chi connectivity index (χ1n) is 8.79. The van der Waals surface area contributed by atoms with Crippen molar-refractivity contribution < 1.29 is 22.0 Å². The summed E-state index contributed by atoms with van der Waals surface area (Å²) in [6.45, 7) is 1.38. The fraction of sp³-hybridized carbons (Fsp3) is 0.0500. The number of sulfonamides is 1. The van der Waals surface area contributed by atoms with Crippen LogP contribution in [0.15, 0.2) is 80.7 Å². The van der Waals surface area contributed by atoms with E-state index in [4.69, 9.17) is 8.83 Å². The summed E-state index contributed by atoms with van der Waals surface area (Å²) in [5.41, 5.74) is 1.51. The Hall–Kier alpha value is -3.92. The van der Waals surface area contributed by atoms with Crippen molar-refractivity contribution >= 4 is 27.3 Å². The van der Waals surface area contributed by atoms with Gasteiger partial charge in [0.2, 0.25) is 11.8 Å². The van der Waals surface area contributed by atoms with Crippen molar-refractivity contribution in [3.63, 3.8) is 0 Å². The van der Waals surface area contributed by atoms with Crippen LogP contribution in [0.2, 0.25) is 0 Å². The predicted molar refractivity (Wildman–Crippen MR) is 109 cm³/mol. The second kappa shape index (κ2) is 7.84. The van der Waals surface area contributed by atoms with Crippen molar-refractivity contribution in [3.8, 4) is 23.1 Å². The van der Waals surface area contributed by atoms with Crippen LogP contribution in [0.1, 0.15) is 6.92 Å². The zero-order valence-corrected chi connectivity index (χ0v) is 16.5. The molecule has 10 heteroatoms. The van der Waals surface area contributed by atoms with Crippen LogP contribution in [-0.4, -0.2) is 24.5 Å². The summed E-state index contributed by atoms with van der Waals surface area (Å²) in [6, 6.07) is 15.8. The van der Waals surface area contributed by atoms with E-state index < -0.39 is 10.0 Å². The third-order valence-electron chi connectivity index (χ3n) is 4.03. The number of carbonyl (C=O) groups is 1. The molecule has 0 fully saturated rings. The Labute approximate surface area is 171 Å². The van der Waals surface area contributed by atoms with E-state index in [9.17, 15) is 13.2 Å². The Balaban J connectivity index is 1.48. The molecule has 0 radical (unpaired) electrons. The van der Waals surface area contributed by atoms with Crippen molar-refractivity contribution in [2.24, 2.45) is 0 Å². The van der Waals surface area contributed by atoms with E-state index in [0.29, 0.717) is 22.7 Å². The van der Waals surface area contributed by atoms with Crippen LogP contribution in [-0.2, 0) is 14.8 Å². The van der Waals surface area contributed by atoms with Gasteiger partial charge in [-0.15, -0.1) is 10.2 Å². The first-order chi connectivity index (χ1) is 14.4. The Morgan fingerprint density at radius 1 is 0.900 bits per heavy atom. The topological polar surface area (TPSA) is 127 Å². The normalized spacial score (nSPS) is 11.2. The van der Waals surface area contributed by atoms with Crippen molar-refractivity contribution in [3.05, 3.63) is 66.9 Å². The summed E-state index contributed by atoms with van der Waals surface area (Å²) >= 11 is 0. The average molecular weight is 424 g/mol. The summed E-state index contributed by atoms with van der Waals surface area (Å²) < 4.78 is 38.4. The first kappa shape index (κ1) is 19.4. The number of nitrogens with zero attached hydrogens (tertiary/aromatic N) is 2. The van der Waals surface area contributed by atoms with Gasteiger partial charge in [0.25, 0.3) is 15.9 Å². The van der Waals surface area contributed by atoms with Crippen molar-refractivity contribution in [1.82, 2.24) is 10.2 Å². The number of furan rings is 1. The third kappa shape index (κ3) is 4.23. The van der Waals surface area contributed by atoms with Gasteiger partial charge in [-0.25, -0.2) is 8.42 Å². The number of rotatable bonds is 6. The molecule has 0 bridgehead atoms. The molecule has 9 nitrogen and oxygen atoms in total. The van der Waals surface area contributed by atoms with Gasteiger partial charge in [0.15, 0.2) is 5.76 Å². The van der Waals surface area contributed by atoms with Crippen LogP contribution in [0.3, 0.4) is 0 Å². The molecule has 4 rings (SSSR count). The third-order valence-corrected chi connectivity index (χ3v) is 5.42. The minimum Gasteiger partial charge on any atom is -0.459 e. The molecule has 0 unspecified atom stereocenters. The molecule has 1 amide bonds. The summed E-state index contributed by atoms with van der Waals surface area (Å²) in [6.07, 6.45) is 1.51. The summed E-state index contributed by atoms with van der Waals surface area (Å²) in [5.74, 6) is 0.760. The highest BCUT2D eigenvalue weighted by Crippen LogP contribution is 2.26. The highest BCUT2D eigenvalue weighted by Gasteiger charge is 2.16. The summed E-state index contributed by atoms with van der Waals surface area (Å²) in [7, 11) is -3.79. The molecule has 2 heterocycles. The molecule has 0 saturated heterocycles. The van der Waals surface area contributed by atoms with Gasteiger partial charge in [0.1, 0.15) is 0 Å². The molecule has 152 valence electrons. The lowest BCUT2D eigenvalue weighted by Gasteiger charge is -2.09. The number of nitrogens with one attached hydrogen (secondary N) is 2. The Morgan fingerprint density at radius 2 is 1.57 bits per heavy atom.